The second kappa shape index (κ2) is 10.1. The number of alkyl halides is 3. The number of aromatic nitrogens is 4. The summed E-state index contributed by atoms with van der Waals surface area (Å²) < 4.78 is 33.7. The van der Waals surface area contributed by atoms with E-state index >= 15 is 0 Å². The Labute approximate surface area is 186 Å². The molecule has 8 nitrogen and oxygen atoms in total. The second-order valence-electron chi connectivity index (χ2n) is 7.19. The highest BCUT2D eigenvalue weighted by atomic mass is 35.5. The number of anilines is 1. The maximum Gasteiger partial charge on any atom is 0.490 e. The normalized spacial score (nSPS) is 14.8. The van der Waals surface area contributed by atoms with Crippen LogP contribution < -0.4 is 4.90 Å². The molecule has 2 aromatic heterocycles. The molecule has 0 unspecified atom stereocenters. The van der Waals surface area contributed by atoms with Crippen molar-refractivity contribution in [3.8, 4) is 0 Å². The smallest absolute Gasteiger partial charge is 0.475 e. The van der Waals surface area contributed by atoms with Gasteiger partial charge in [-0.05, 0) is 43.2 Å². The number of fused-ring (bicyclic) bond motifs is 1. The van der Waals surface area contributed by atoms with Crippen LogP contribution in [0.25, 0.3) is 10.9 Å². The van der Waals surface area contributed by atoms with E-state index in [4.69, 9.17) is 31.6 Å². The van der Waals surface area contributed by atoms with Gasteiger partial charge in [-0.15, -0.1) is 5.10 Å². The third-order valence-corrected chi connectivity index (χ3v) is 5.20. The Balaban J connectivity index is 0.000000360. The average molecular weight is 472 g/mol. The number of nitrogens with zero attached hydrogens (tertiary/aromatic N) is 5. The molecule has 12 heteroatoms. The van der Waals surface area contributed by atoms with E-state index in [0.29, 0.717) is 12.5 Å². The van der Waals surface area contributed by atoms with Gasteiger partial charge in [-0.25, -0.2) is 14.5 Å². The number of piperidine rings is 1. The van der Waals surface area contributed by atoms with E-state index in [1.54, 1.807) is 0 Å². The highest BCUT2D eigenvalue weighted by molar-refractivity contribution is 6.31. The van der Waals surface area contributed by atoms with Crippen LogP contribution in [0.1, 0.15) is 24.6 Å². The van der Waals surface area contributed by atoms with Crippen LogP contribution in [0.5, 0.6) is 0 Å². The van der Waals surface area contributed by atoms with Gasteiger partial charge in [0.2, 0.25) is 0 Å². The van der Waals surface area contributed by atoms with Crippen LogP contribution >= 0.6 is 11.6 Å². The van der Waals surface area contributed by atoms with Crippen LogP contribution in [0.2, 0.25) is 5.02 Å². The van der Waals surface area contributed by atoms with Crippen LogP contribution in [0.15, 0.2) is 36.5 Å². The summed E-state index contributed by atoms with van der Waals surface area (Å²) in [5, 5.41) is 26.2. The highest BCUT2D eigenvalue weighted by Crippen LogP contribution is 2.27. The summed E-state index contributed by atoms with van der Waals surface area (Å²) in [7, 11) is 0. The second-order valence-corrected chi connectivity index (χ2v) is 7.63. The van der Waals surface area contributed by atoms with Crippen LogP contribution in [0.4, 0.5) is 19.0 Å². The fourth-order valence-electron chi connectivity index (χ4n) is 3.34. The minimum absolute atomic E-state index is 0.107. The lowest BCUT2D eigenvalue weighted by atomic mass is 10.1. The van der Waals surface area contributed by atoms with E-state index < -0.39 is 12.1 Å². The summed E-state index contributed by atoms with van der Waals surface area (Å²) in [6, 6.07) is 10.3. The van der Waals surface area contributed by atoms with E-state index in [9.17, 15) is 13.2 Å². The minimum Gasteiger partial charge on any atom is -0.475 e. The largest absolute Gasteiger partial charge is 0.490 e. The molecule has 1 aromatic carbocycles. The SMILES string of the molecule is O=C(O)C(F)(F)F.OCCc1cn(C2CCN(c3ccc4cc(Cl)ccc4n3)CC2)nn1. The van der Waals surface area contributed by atoms with Crippen molar-refractivity contribution in [2.24, 2.45) is 0 Å². The number of hydrogen-bond donors (Lipinski definition) is 2. The molecular formula is C20H21ClF3N5O3. The van der Waals surface area contributed by atoms with Crippen molar-refractivity contribution in [1.29, 1.82) is 0 Å². The Morgan fingerprint density at radius 1 is 1.19 bits per heavy atom. The minimum atomic E-state index is -5.08. The molecule has 1 aliphatic heterocycles. The molecule has 3 aromatic rings. The molecule has 0 aliphatic carbocycles. The molecule has 1 aliphatic rings. The Morgan fingerprint density at radius 3 is 2.50 bits per heavy atom. The van der Waals surface area contributed by atoms with Crippen molar-refractivity contribution in [3.05, 3.63) is 47.2 Å². The lowest BCUT2D eigenvalue weighted by molar-refractivity contribution is -0.192. The topological polar surface area (TPSA) is 104 Å². The Bertz CT molecular complexity index is 1070. The summed E-state index contributed by atoms with van der Waals surface area (Å²) >= 11 is 6.04. The maximum absolute atomic E-state index is 10.6. The van der Waals surface area contributed by atoms with Crippen LogP contribution in [-0.2, 0) is 11.2 Å². The third kappa shape index (κ3) is 6.07. The van der Waals surface area contributed by atoms with Crippen molar-refractivity contribution in [2.45, 2.75) is 31.5 Å². The zero-order valence-electron chi connectivity index (χ0n) is 16.8. The number of aliphatic hydroxyl groups excluding tert-OH is 1. The number of carboxylic acids is 1. The Kier molecular flexibility index (Phi) is 7.52. The lowest BCUT2D eigenvalue weighted by Gasteiger charge is -2.32. The molecule has 2 N–H and O–H groups in total. The molecule has 0 amide bonds. The number of hydrogen-bond acceptors (Lipinski definition) is 6. The predicted octanol–water partition coefficient (Wildman–Crippen LogP) is 3.49. The van der Waals surface area contributed by atoms with Crippen LogP contribution in [-0.4, -0.2) is 62.0 Å². The number of halogens is 4. The highest BCUT2D eigenvalue weighted by Gasteiger charge is 2.38. The maximum atomic E-state index is 10.6. The molecular weight excluding hydrogens is 451 g/mol. The fourth-order valence-corrected chi connectivity index (χ4v) is 3.52. The molecule has 32 heavy (non-hydrogen) atoms. The zero-order chi connectivity index (χ0) is 23.3. The van der Waals surface area contributed by atoms with Crippen molar-refractivity contribution in [2.75, 3.05) is 24.6 Å². The van der Waals surface area contributed by atoms with E-state index in [1.807, 2.05) is 29.1 Å². The molecule has 4 rings (SSSR count). The van der Waals surface area contributed by atoms with Gasteiger partial charge < -0.3 is 15.1 Å². The summed E-state index contributed by atoms with van der Waals surface area (Å²) in [4.78, 5) is 16.0. The van der Waals surface area contributed by atoms with Crippen molar-refractivity contribution in [3.63, 3.8) is 0 Å². The monoisotopic (exact) mass is 471 g/mol. The lowest BCUT2D eigenvalue weighted by Crippen LogP contribution is -2.35. The number of aliphatic carboxylic acids is 1. The average Bonchev–Trinajstić information content (AvgIpc) is 3.22. The first kappa shape index (κ1) is 23.7. The molecule has 172 valence electrons. The Morgan fingerprint density at radius 2 is 1.88 bits per heavy atom. The van der Waals surface area contributed by atoms with Gasteiger partial charge in [-0.3, -0.25) is 0 Å². The first-order chi connectivity index (χ1) is 15.2. The van der Waals surface area contributed by atoms with Gasteiger partial charge in [0, 0.05) is 42.7 Å². The molecule has 0 spiro atoms. The Hall–Kier alpha value is -2.92. The third-order valence-electron chi connectivity index (χ3n) is 4.97. The predicted molar refractivity (Wildman–Crippen MR) is 112 cm³/mol. The van der Waals surface area contributed by atoms with Gasteiger partial charge in [0.1, 0.15) is 5.82 Å². The van der Waals surface area contributed by atoms with E-state index in [2.05, 4.69) is 27.3 Å². The van der Waals surface area contributed by atoms with Crippen molar-refractivity contribution >= 4 is 34.3 Å². The van der Waals surface area contributed by atoms with Crippen LogP contribution in [0.3, 0.4) is 0 Å². The quantitative estimate of drug-likeness (QED) is 0.600. The zero-order valence-corrected chi connectivity index (χ0v) is 17.6. The molecule has 3 heterocycles. The first-order valence-corrected chi connectivity index (χ1v) is 10.2. The van der Waals surface area contributed by atoms with Gasteiger partial charge in [0.05, 0.1) is 17.3 Å². The van der Waals surface area contributed by atoms with Crippen molar-refractivity contribution < 1.29 is 28.2 Å². The van der Waals surface area contributed by atoms with E-state index in [-0.39, 0.29) is 6.61 Å². The number of carboxylic acid groups (broad SMARTS) is 1. The summed E-state index contributed by atoms with van der Waals surface area (Å²) in [5.41, 5.74) is 1.81. The number of pyridine rings is 1. The number of benzene rings is 1. The van der Waals surface area contributed by atoms with Gasteiger partial charge >= 0.3 is 12.1 Å². The molecule has 0 bridgehead atoms. The van der Waals surface area contributed by atoms with Gasteiger partial charge in [-0.1, -0.05) is 16.8 Å². The molecule has 1 saturated heterocycles. The van der Waals surface area contributed by atoms with E-state index in [0.717, 1.165) is 53.4 Å². The number of aliphatic hydroxyl groups is 1. The number of carbonyl (C=O) groups is 1. The molecule has 0 saturated carbocycles. The molecule has 0 atom stereocenters. The summed E-state index contributed by atoms with van der Waals surface area (Å²) in [6.45, 7) is 1.98. The summed E-state index contributed by atoms with van der Waals surface area (Å²) in [6.07, 6.45) is -0.567. The van der Waals surface area contributed by atoms with Gasteiger partial charge in [0.25, 0.3) is 0 Å². The molecule has 0 radical (unpaired) electrons. The first-order valence-electron chi connectivity index (χ1n) is 9.80. The van der Waals surface area contributed by atoms with Gasteiger partial charge in [-0.2, -0.15) is 13.2 Å². The van der Waals surface area contributed by atoms with Crippen LogP contribution in [0, 0.1) is 0 Å². The van der Waals surface area contributed by atoms with E-state index in [1.165, 1.54) is 0 Å². The number of rotatable bonds is 4. The van der Waals surface area contributed by atoms with Gasteiger partial charge in [0.15, 0.2) is 0 Å². The fraction of sp³-hybridized carbons (Fsp3) is 0.400. The molecule has 1 fully saturated rings. The summed E-state index contributed by atoms with van der Waals surface area (Å²) in [5.74, 6) is -1.75. The standard InChI is InChI=1S/C18H20ClN5O.C2HF3O2/c19-14-2-3-17-13(11-14)1-4-18(20-17)23-8-5-16(6-9-23)24-12-15(7-10-25)21-22-24;3-2(4,5)1(6)7/h1-4,11-12,16,25H,5-10H2;(H,6,7). The van der Waals surface area contributed by atoms with Crippen molar-refractivity contribution in [1.82, 2.24) is 20.0 Å².